The van der Waals surface area contributed by atoms with Crippen molar-refractivity contribution in [3.05, 3.63) is 33.9 Å². The van der Waals surface area contributed by atoms with E-state index in [2.05, 4.69) is 15.9 Å². The summed E-state index contributed by atoms with van der Waals surface area (Å²) in [6.07, 6.45) is -1.91. The Morgan fingerprint density at radius 1 is 1.50 bits per heavy atom. The lowest BCUT2D eigenvalue weighted by atomic mass is 10.0. The molecule has 0 bridgehead atoms. The van der Waals surface area contributed by atoms with Gasteiger partial charge in [0.15, 0.2) is 0 Å². The monoisotopic (exact) mass is 319 g/mol. The van der Waals surface area contributed by atoms with Crippen LogP contribution >= 0.6 is 15.9 Å². The molecule has 0 radical (unpaired) electrons. The standard InChI is InChI=1S/C11H14BrNO5/c1-18-10-3-2-7(13(16)17)6-8(10)11(15)9(14)4-5-12/h2-3,6,9,11,14-15H,4-5H2,1H3. The highest BCUT2D eigenvalue weighted by Crippen LogP contribution is 2.31. The van der Waals surface area contributed by atoms with Crippen LogP contribution in [0.4, 0.5) is 5.69 Å². The zero-order valence-corrected chi connectivity index (χ0v) is 11.3. The Morgan fingerprint density at radius 3 is 2.67 bits per heavy atom. The second-order valence-electron chi connectivity index (χ2n) is 3.67. The number of nitrogens with zero attached hydrogens (tertiary/aromatic N) is 1. The average Bonchev–Trinajstić information content (AvgIpc) is 2.37. The van der Waals surface area contributed by atoms with Crippen LogP contribution in [-0.2, 0) is 0 Å². The quantitative estimate of drug-likeness (QED) is 0.473. The number of alkyl halides is 1. The van der Waals surface area contributed by atoms with Gasteiger partial charge in [0.1, 0.15) is 11.9 Å². The van der Waals surface area contributed by atoms with E-state index in [-0.39, 0.29) is 11.3 Å². The molecule has 0 amide bonds. The molecule has 0 saturated heterocycles. The number of hydrogen-bond donors (Lipinski definition) is 2. The average molecular weight is 320 g/mol. The van der Waals surface area contributed by atoms with E-state index < -0.39 is 17.1 Å². The number of hydrogen-bond acceptors (Lipinski definition) is 5. The van der Waals surface area contributed by atoms with Crippen molar-refractivity contribution >= 4 is 21.6 Å². The van der Waals surface area contributed by atoms with Crippen molar-refractivity contribution in [2.45, 2.75) is 18.6 Å². The number of non-ortho nitro benzene ring substituents is 1. The summed E-state index contributed by atoms with van der Waals surface area (Å²) >= 11 is 3.15. The number of benzene rings is 1. The largest absolute Gasteiger partial charge is 0.496 e. The van der Waals surface area contributed by atoms with Crippen LogP contribution in [0.2, 0.25) is 0 Å². The van der Waals surface area contributed by atoms with Crippen LogP contribution < -0.4 is 4.74 Å². The van der Waals surface area contributed by atoms with E-state index in [0.717, 1.165) is 0 Å². The Kier molecular flexibility index (Phi) is 5.52. The first-order valence-corrected chi connectivity index (χ1v) is 6.37. The molecule has 1 aromatic carbocycles. The topological polar surface area (TPSA) is 92.8 Å². The third kappa shape index (κ3) is 3.41. The fourth-order valence-corrected chi connectivity index (χ4v) is 2.01. The van der Waals surface area contributed by atoms with Gasteiger partial charge in [-0.15, -0.1) is 0 Å². The summed E-state index contributed by atoms with van der Waals surface area (Å²) in [5.41, 5.74) is 0.0519. The predicted octanol–water partition coefficient (Wildman–Crippen LogP) is 1.78. The van der Waals surface area contributed by atoms with Crippen LogP contribution in [0.25, 0.3) is 0 Å². The van der Waals surface area contributed by atoms with Crippen LogP contribution in [0.15, 0.2) is 18.2 Å². The fourth-order valence-electron chi connectivity index (χ4n) is 1.54. The lowest BCUT2D eigenvalue weighted by Gasteiger charge is -2.19. The maximum absolute atomic E-state index is 10.7. The molecule has 7 heteroatoms. The fraction of sp³-hybridized carbons (Fsp3) is 0.455. The molecule has 2 N–H and O–H groups in total. The third-order valence-electron chi connectivity index (χ3n) is 2.51. The third-order valence-corrected chi connectivity index (χ3v) is 2.97. The number of nitro benzene ring substituents is 1. The summed E-state index contributed by atoms with van der Waals surface area (Å²) in [6.45, 7) is 0. The van der Waals surface area contributed by atoms with Gasteiger partial charge >= 0.3 is 0 Å². The van der Waals surface area contributed by atoms with Gasteiger partial charge in [-0.05, 0) is 12.5 Å². The molecule has 0 saturated carbocycles. The Labute approximate surface area is 112 Å². The lowest BCUT2D eigenvalue weighted by Crippen LogP contribution is -2.19. The molecule has 6 nitrogen and oxygen atoms in total. The van der Waals surface area contributed by atoms with Gasteiger partial charge in [0.05, 0.1) is 18.1 Å². The molecule has 2 unspecified atom stereocenters. The molecule has 0 aromatic heterocycles. The molecule has 18 heavy (non-hydrogen) atoms. The first-order chi connectivity index (χ1) is 8.51. The maximum atomic E-state index is 10.7. The van der Waals surface area contributed by atoms with E-state index in [4.69, 9.17) is 4.74 Å². The summed E-state index contributed by atoms with van der Waals surface area (Å²) in [5, 5.41) is 30.9. The van der Waals surface area contributed by atoms with Crippen molar-refractivity contribution in [1.82, 2.24) is 0 Å². The number of rotatable bonds is 6. The summed E-state index contributed by atoms with van der Waals surface area (Å²) in [6, 6.07) is 3.89. The smallest absolute Gasteiger partial charge is 0.270 e. The minimum atomic E-state index is -1.22. The van der Waals surface area contributed by atoms with Gasteiger partial charge in [0.25, 0.3) is 5.69 Å². The van der Waals surface area contributed by atoms with Crippen molar-refractivity contribution < 1.29 is 19.9 Å². The zero-order valence-electron chi connectivity index (χ0n) is 9.75. The van der Waals surface area contributed by atoms with Gasteiger partial charge in [-0.3, -0.25) is 10.1 Å². The van der Waals surface area contributed by atoms with E-state index in [1.807, 2.05) is 0 Å². The van der Waals surface area contributed by atoms with Gasteiger partial charge in [0, 0.05) is 23.0 Å². The molecule has 0 heterocycles. The molecule has 1 aromatic rings. The number of nitro groups is 1. The number of methoxy groups -OCH3 is 1. The van der Waals surface area contributed by atoms with Crippen molar-refractivity contribution in [2.24, 2.45) is 0 Å². The van der Waals surface area contributed by atoms with Crippen molar-refractivity contribution in [3.63, 3.8) is 0 Å². The molecule has 1 rings (SSSR count). The highest BCUT2D eigenvalue weighted by molar-refractivity contribution is 9.09. The number of halogens is 1. The first kappa shape index (κ1) is 14.9. The Morgan fingerprint density at radius 2 is 2.17 bits per heavy atom. The minimum absolute atomic E-state index is 0.157. The van der Waals surface area contributed by atoms with E-state index in [0.29, 0.717) is 17.5 Å². The van der Waals surface area contributed by atoms with E-state index >= 15 is 0 Å². The summed E-state index contributed by atoms with van der Waals surface area (Å²) < 4.78 is 5.02. The second-order valence-corrected chi connectivity index (χ2v) is 4.47. The molecular weight excluding hydrogens is 306 g/mol. The normalized spacial score (nSPS) is 14.0. The minimum Gasteiger partial charge on any atom is -0.496 e. The predicted molar refractivity (Wildman–Crippen MR) is 69.0 cm³/mol. The molecule has 2 atom stereocenters. The number of aliphatic hydroxyl groups excluding tert-OH is 2. The SMILES string of the molecule is COc1ccc([N+](=O)[O-])cc1C(O)C(O)CCBr. The van der Waals surface area contributed by atoms with Crippen molar-refractivity contribution in [3.8, 4) is 5.75 Å². The molecule has 0 aliphatic carbocycles. The summed E-state index contributed by atoms with van der Waals surface area (Å²) in [5.74, 6) is 0.307. The van der Waals surface area contributed by atoms with Crippen LogP contribution in [-0.4, -0.2) is 33.7 Å². The van der Waals surface area contributed by atoms with E-state index in [1.165, 1.54) is 25.3 Å². The highest BCUT2D eigenvalue weighted by atomic mass is 79.9. The molecule has 0 aliphatic rings. The molecule has 0 fully saturated rings. The van der Waals surface area contributed by atoms with Crippen LogP contribution in [0, 0.1) is 10.1 Å². The van der Waals surface area contributed by atoms with Gasteiger partial charge in [0.2, 0.25) is 0 Å². The summed E-state index contributed by atoms with van der Waals surface area (Å²) in [4.78, 5) is 10.1. The van der Waals surface area contributed by atoms with Crippen LogP contribution in [0.3, 0.4) is 0 Å². The Hall–Kier alpha value is -1.18. The lowest BCUT2D eigenvalue weighted by molar-refractivity contribution is -0.385. The Balaban J connectivity index is 3.10. The van der Waals surface area contributed by atoms with Gasteiger partial charge in [-0.25, -0.2) is 0 Å². The van der Waals surface area contributed by atoms with E-state index in [9.17, 15) is 20.3 Å². The molecule has 100 valence electrons. The zero-order chi connectivity index (χ0) is 13.7. The molecular formula is C11H14BrNO5. The van der Waals surface area contributed by atoms with Gasteiger partial charge in [-0.1, -0.05) is 15.9 Å². The van der Waals surface area contributed by atoms with Gasteiger partial charge < -0.3 is 14.9 Å². The van der Waals surface area contributed by atoms with Crippen LogP contribution in [0.1, 0.15) is 18.1 Å². The first-order valence-electron chi connectivity index (χ1n) is 5.25. The molecule has 0 spiro atoms. The number of ether oxygens (including phenoxy) is 1. The van der Waals surface area contributed by atoms with Crippen molar-refractivity contribution in [2.75, 3.05) is 12.4 Å². The second kappa shape index (κ2) is 6.67. The highest BCUT2D eigenvalue weighted by Gasteiger charge is 2.23. The van der Waals surface area contributed by atoms with Crippen molar-refractivity contribution in [1.29, 1.82) is 0 Å². The maximum Gasteiger partial charge on any atom is 0.270 e. The Bertz CT molecular complexity index is 426. The molecule has 0 aliphatic heterocycles. The van der Waals surface area contributed by atoms with E-state index in [1.54, 1.807) is 0 Å². The summed E-state index contributed by atoms with van der Waals surface area (Å²) in [7, 11) is 1.40. The van der Waals surface area contributed by atoms with Crippen LogP contribution in [0.5, 0.6) is 5.75 Å². The van der Waals surface area contributed by atoms with Gasteiger partial charge in [-0.2, -0.15) is 0 Å². The number of aliphatic hydroxyl groups is 2.